The lowest BCUT2D eigenvalue weighted by Gasteiger charge is -2.23. The standard InChI is InChI=1S/C18H19NO/c1-11-4-6-14(7-5-11)15-8-9-17(20)18-13(3)19-12(2)10-16(15)18/h4-9,12,20H,10H2,1-3H3/t12-/m1/s1. The molecule has 1 aliphatic rings. The maximum atomic E-state index is 10.1. The number of phenols is 1. The first-order valence-corrected chi connectivity index (χ1v) is 7.03. The van der Waals surface area contributed by atoms with Gasteiger partial charge in [-0.2, -0.15) is 0 Å². The summed E-state index contributed by atoms with van der Waals surface area (Å²) in [5, 5.41) is 10.1. The molecule has 0 unspecified atom stereocenters. The summed E-state index contributed by atoms with van der Waals surface area (Å²) in [6.45, 7) is 6.19. The van der Waals surface area contributed by atoms with Gasteiger partial charge in [-0.3, -0.25) is 4.99 Å². The van der Waals surface area contributed by atoms with Crippen molar-refractivity contribution in [2.24, 2.45) is 4.99 Å². The third-order valence-corrected chi connectivity index (χ3v) is 3.93. The fourth-order valence-corrected chi connectivity index (χ4v) is 2.99. The van der Waals surface area contributed by atoms with Crippen LogP contribution in [-0.2, 0) is 6.42 Å². The van der Waals surface area contributed by atoms with Gasteiger partial charge < -0.3 is 5.11 Å². The molecule has 0 spiro atoms. The molecule has 1 N–H and O–H groups in total. The van der Waals surface area contributed by atoms with Gasteiger partial charge in [0.15, 0.2) is 0 Å². The molecule has 1 atom stereocenters. The summed E-state index contributed by atoms with van der Waals surface area (Å²) in [6, 6.07) is 12.6. The zero-order valence-electron chi connectivity index (χ0n) is 12.1. The number of rotatable bonds is 1. The van der Waals surface area contributed by atoms with Gasteiger partial charge >= 0.3 is 0 Å². The number of benzene rings is 2. The Labute approximate surface area is 119 Å². The molecular weight excluding hydrogens is 246 g/mol. The van der Waals surface area contributed by atoms with E-state index in [0.29, 0.717) is 5.75 Å². The van der Waals surface area contributed by atoms with Crippen molar-refractivity contribution >= 4 is 5.71 Å². The van der Waals surface area contributed by atoms with Gasteiger partial charge in [0, 0.05) is 11.3 Å². The van der Waals surface area contributed by atoms with Crippen molar-refractivity contribution in [3.8, 4) is 16.9 Å². The third kappa shape index (κ3) is 2.11. The smallest absolute Gasteiger partial charge is 0.124 e. The lowest BCUT2D eigenvalue weighted by Crippen LogP contribution is -2.17. The number of aliphatic imine (C=N–C) groups is 1. The molecule has 0 fully saturated rings. The van der Waals surface area contributed by atoms with Gasteiger partial charge in [-0.05, 0) is 49.9 Å². The highest BCUT2D eigenvalue weighted by molar-refractivity contribution is 6.04. The van der Waals surface area contributed by atoms with E-state index in [-0.39, 0.29) is 6.04 Å². The normalized spacial score (nSPS) is 17.6. The van der Waals surface area contributed by atoms with Crippen molar-refractivity contribution in [1.29, 1.82) is 0 Å². The molecule has 20 heavy (non-hydrogen) atoms. The van der Waals surface area contributed by atoms with Gasteiger partial charge in [-0.25, -0.2) is 0 Å². The van der Waals surface area contributed by atoms with Crippen molar-refractivity contribution in [2.45, 2.75) is 33.2 Å². The van der Waals surface area contributed by atoms with Crippen molar-refractivity contribution in [3.05, 3.63) is 53.1 Å². The number of hydrogen-bond acceptors (Lipinski definition) is 2. The molecule has 0 radical (unpaired) electrons. The van der Waals surface area contributed by atoms with Crippen molar-refractivity contribution in [3.63, 3.8) is 0 Å². The van der Waals surface area contributed by atoms with Gasteiger partial charge in [-0.1, -0.05) is 35.9 Å². The second kappa shape index (κ2) is 4.78. The summed E-state index contributed by atoms with van der Waals surface area (Å²) in [5.74, 6) is 0.337. The van der Waals surface area contributed by atoms with Crippen LogP contribution < -0.4 is 0 Å². The number of hydrogen-bond donors (Lipinski definition) is 1. The topological polar surface area (TPSA) is 32.6 Å². The van der Waals surface area contributed by atoms with Gasteiger partial charge in [-0.15, -0.1) is 0 Å². The van der Waals surface area contributed by atoms with Crippen molar-refractivity contribution in [1.82, 2.24) is 0 Å². The SMILES string of the molecule is CC1=N[C@H](C)Cc2c(-c3ccc(C)cc3)ccc(O)c21. The highest BCUT2D eigenvalue weighted by atomic mass is 16.3. The number of phenolic OH excluding ortho intramolecular Hbond substituents is 1. The molecule has 102 valence electrons. The highest BCUT2D eigenvalue weighted by Gasteiger charge is 2.22. The maximum Gasteiger partial charge on any atom is 0.124 e. The van der Waals surface area contributed by atoms with Gasteiger partial charge in [0.05, 0.1) is 6.04 Å². The highest BCUT2D eigenvalue weighted by Crippen LogP contribution is 2.35. The Bertz CT molecular complexity index is 683. The number of aromatic hydroxyl groups is 1. The largest absolute Gasteiger partial charge is 0.507 e. The van der Waals surface area contributed by atoms with Crippen LogP contribution in [0.3, 0.4) is 0 Å². The predicted octanol–water partition coefficient (Wildman–Crippen LogP) is 4.12. The zero-order valence-corrected chi connectivity index (χ0v) is 12.1. The molecule has 2 aromatic rings. The van der Waals surface area contributed by atoms with Crippen molar-refractivity contribution < 1.29 is 5.11 Å². The maximum absolute atomic E-state index is 10.1. The predicted molar refractivity (Wildman–Crippen MR) is 83.7 cm³/mol. The minimum absolute atomic E-state index is 0.272. The Balaban J connectivity index is 2.22. The van der Waals surface area contributed by atoms with Gasteiger partial charge in [0.2, 0.25) is 0 Å². The van der Waals surface area contributed by atoms with Crippen LogP contribution in [0.15, 0.2) is 41.4 Å². The molecule has 0 amide bonds. The summed E-state index contributed by atoms with van der Waals surface area (Å²) in [4.78, 5) is 4.59. The molecule has 2 aromatic carbocycles. The van der Waals surface area contributed by atoms with Crippen molar-refractivity contribution in [2.75, 3.05) is 0 Å². The van der Waals surface area contributed by atoms with E-state index in [0.717, 1.165) is 17.7 Å². The van der Waals surface area contributed by atoms with E-state index in [4.69, 9.17) is 0 Å². The summed E-state index contributed by atoms with van der Waals surface area (Å²) in [6.07, 6.45) is 0.879. The van der Waals surface area contributed by atoms with Crippen LogP contribution in [0.25, 0.3) is 11.1 Å². The van der Waals surface area contributed by atoms with E-state index in [2.05, 4.69) is 43.1 Å². The number of nitrogens with zero attached hydrogens (tertiary/aromatic N) is 1. The molecule has 2 heteroatoms. The zero-order chi connectivity index (χ0) is 14.3. The molecule has 0 aromatic heterocycles. The van der Waals surface area contributed by atoms with Crippen LogP contribution in [0.1, 0.15) is 30.5 Å². The molecule has 3 rings (SSSR count). The Kier molecular flexibility index (Phi) is 3.09. The average Bonchev–Trinajstić information content (AvgIpc) is 2.39. The molecule has 0 saturated carbocycles. The van der Waals surface area contributed by atoms with Crippen LogP contribution in [-0.4, -0.2) is 16.9 Å². The molecule has 1 heterocycles. The number of aryl methyl sites for hydroxylation is 1. The van der Waals surface area contributed by atoms with Gasteiger partial charge in [0.1, 0.15) is 5.75 Å². The van der Waals surface area contributed by atoms with E-state index in [1.165, 1.54) is 22.3 Å². The van der Waals surface area contributed by atoms with Crippen LogP contribution in [0.5, 0.6) is 5.75 Å². The molecular formula is C18H19NO. The van der Waals surface area contributed by atoms with Crippen LogP contribution in [0.4, 0.5) is 0 Å². The molecule has 1 aliphatic heterocycles. The fourth-order valence-electron chi connectivity index (χ4n) is 2.99. The number of fused-ring (bicyclic) bond motifs is 1. The van der Waals surface area contributed by atoms with Gasteiger partial charge in [0.25, 0.3) is 0 Å². The first-order valence-electron chi connectivity index (χ1n) is 7.03. The Morgan fingerprint density at radius 2 is 1.75 bits per heavy atom. The minimum Gasteiger partial charge on any atom is -0.507 e. The molecule has 2 nitrogen and oxygen atoms in total. The van der Waals surface area contributed by atoms with Crippen LogP contribution in [0.2, 0.25) is 0 Å². The average molecular weight is 265 g/mol. The lowest BCUT2D eigenvalue weighted by molar-refractivity contribution is 0.472. The van der Waals surface area contributed by atoms with E-state index in [1.807, 2.05) is 13.0 Å². The third-order valence-electron chi connectivity index (χ3n) is 3.93. The molecule has 0 saturated heterocycles. The quantitative estimate of drug-likeness (QED) is 0.826. The minimum atomic E-state index is 0.272. The van der Waals surface area contributed by atoms with E-state index >= 15 is 0 Å². The Morgan fingerprint density at radius 1 is 1.05 bits per heavy atom. The summed E-state index contributed by atoms with van der Waals surface area (Å²) in [5.41, 5.74) is 6.74. The summed E-state index contributed by atoms with van der Waals surface area (Å²) in [7, 11) is 0. The molecule has 0 bridgehead atoms. The monoisotopic (exact) mass is 265 g/mol. The lowest BCUT2D eigenvalue weighted by atomic mass is 9.87. The first kappa shape index (κ1) is 12.9. The second-order valence-electron chi connectivity index (χ2n) is 5.62. The second-order valence-corrected chi connectivity index (χ2v) is 5.62. The van der Waals surface area contributed by atoms with Crippen LogP contribution in [0, 0.1) is 6.92 Å². The Hall–Kier alpha value is -2.09. The van der Waals surface area contributed by atoms with Crippen LogP contribution >= 0.6 is 0 Å². The summed E-state index contributed by atoms with van der Waals surface area (Å²) < 4.78 is 0. The Morgan fingerprint density at radius 3 is 2.45 bits per heavy atom. The molecule has 0 aliphatic carbocycles. The summed E-state index contributed by atoms with van der Waals surface area (Å²) >= 11 is 0. The van der Waals surface area contributed by atoms with E-state index in [9.17, 15) is 5.11 Å². The van der Waals surface area contributed by atoms with E-state index in [1.54, 1.807) is 6.07 Å². The van der Waals surface area contributed by atoms with E-state index < -0.39 is 0 Å². The first-order chi connectivity index (χ1) is 9.56. The fraction of sp³-hybridized carbons (Fsp3) is 0.278.